The summed E-state index contributed by atoms with van der Waals surface area (Å²) in [6, 6.07) is 19.6. The highest BCUT2D eigenvalue weighted by Crippen LogP contribution is 2.21. The Morgan fingerprint density at radius 3 is 2.33 bits per heavy atom. The van der Waals surface area contributed by atoms with Gasteiger partial charge in [0.2, 0.25) is 5.82 Å². The molecule has 4 rings (SSSR count). The van der Waals surface area contributed by atoms with Crippen LogP contribution in [0, 0.1) is 0 Å². The van der Waals surface area contributed by atoms with Crippen molar-refractivity contribution in [3.05, 3.63) is 71.5 Å². The minimum Gasteiger partial charge on any atom is -0.378 e. The molecule has 1 fully saturated rings. The van der Waals surface area contributed by atoms with E-state index in [-0.39, 0.29) is 6.04 Å². The van der Waals surface area contributed by atoms with Gasteiger partial charge < -0.3 is 14.7 Å². The number of nitrogens with zero attached hydrogens (tertiary/aromatic N) is 5. The molecule has 0 radical (unpaired) electrons. The lowest BCUT2D eigenvalue weighted by Gasteiger charge is -2.33. The van der Waals surface area contributed by atoms with Crippen LogP contribution in [0.2, 0.25) is 0 Å². The number of anilines is 1. The van der Waals surface area contributed by atoms with Crippen molar-refractivity contribution in [3.8, 4) is 0 Å². The van der Waals surface area contributed by atoms with Crippen molar-refractivity contribution in [2.45, 2.75) is 19.0 Å². The number of aromatic nitrogens is 4. The Morgan fingerprint density at radius 1 is 0.967 bits per heavy atom. The van der Waals surface area contributed by atoms with Gasteiger partial charge in [-0.1, -0.05) is 42.5 Å². The standard InChI is InChI=1S/C23H31N7/c1-27(2)21-11-9-20(10-12-21)22(29-17-15-28(3)16-18-29)23-24-25-26-30(23)14-13-19-7-5-4-6-8-19/h4-12,22H,13-18H2,1-3H3/p+2/t22-/m1/s1. The fourth-order valence-corrected chi connectivity index (χ4v) is 4.28. The molecular weight excluding hydrogens is 374 g/mol. The van der Waals surface area contributed by atoms with Crippen LogP contribution in [0.5, 0.6) is 0 Å². The third kappa shape index (κ3) is 4.68. The zero-order valence-corrected chi connectivity index (χ0v) is 18.3. The maximum absolute atomic E-state index is 4.52. The molecule has 0 bridgehead atoms. The highest BCUT2D eigenvalue weighted by atomic mass is 15.6. The van der Waals surface area contributed by atoms with Gasteiger partial charge in [-0.25, -0.2) is 4.68 Å². The van der Waals surface area contributed by atoms with Gasteiger partial charge in [0.05, 0.1) is 7.05 Å². The summed E-state index contributed by atoms with van der Waals surface area (Å²) in [4.78, 5) is 5.28. The predicted octanol–water partition coefficient (Wildman–Crippen LogP) is -0.516. The van der Waals surface area contributed by atoms with E-state index in [4.69, 9.17) is 0 Å². The molecule has 2 aromatic carbocycles. The highest BCUT2D eigenvalue weighted by molar-refractivity contribution is 5.46. The molecule has 2 heterocycles. The van der Waals surface area contributed by atoms with E-state index in [1.165, 1.54) is 29.9 Å². The Balaban J connectivity index is 1.62. The van der Waals surface area contributed by atoms with E-state index in [0.717, 1.165) is 31.9 Å². The topological polar surface area (TPSA) is 55.7 Å². The van der Waals surface area contributed by atoms with Crippen LogP contribution in [0.1, 0.15) is 23.0 Å². The number of nitrogens with one attached hydrogen (secondary N) is 2. The van der Waals surface area contributed by atoms with E-state index in [0.29, 0.717) is 0 Å². The van der Waals surface area contributed by atoms with Crippen molar-refractivity contribution < 1.29 is 9.80 Å². The molecule has 1 atom stereocenters. The van der Waals surface area contributed by atoms with Crippen molar-refractivity contribution in [1.29, 1.82) is 0 Å². The summed E-state index contributed by atoms with van der Waals surface area (Å²) in [5, 5.41) is 13.0. The molecule has 7 heteroatoms. The van der Waals surface area contributed by atoms with E-state index < -0.39 is 0 Å². The molecule has 3 aromatic rings. The SMILES string of the molecule is CN(C)c1ccc([C@H](c2nnnn2CCc2ccccc2)[NH+]2CC[NH+](C)CC2)cc1. The van der Waals surface area contributed by atoms with Gasteiger partial charge in [-0.15, -0.1) is 5.10 Å². The molecule has 7 nitrogen and oxygen atoms in total. The lowest BCUT2D eigenvalue weighted by atomic mass is 10.0. The summed E-state index contributed by atoms with van der Waals surface area (Å²) in [5.74, 6) is 0.970. The van der Waals surface area contributed by atoms with Gasteiger partial charge in [-0.3, -0.25) is 0 Å². The van der Waals surface area contributed by atoms with Crippen LogP contribution in [-0.4, -0.2) is 67.5 Å². The van der Waals surface area contributed by atoms with Crippen molar-refractivity contribution in [2.75, 3.05) is 52.2 Å². The number of aryl methyl sites for hydroxylation is 2. The zero-order valence-electron chi connectivity index (χ0n) is 18.3. The second-order valence-corrected chi connectivity index (χ2v) is 8.53. The van der Waals surface area contributed by atoms with Crippen molar-refractivity contribution in [3.63, 3.8) is 0 Å². The first-order chi connectivity index (χ1) is 14.6. The maximum Gasteiger partial charge on any atom is 0.214 e. The van der Waals surface area contributed by atoms with E-state index in [9.17, 15) is 0 Å². The lowest BCUT2D eigenvalue weighted by molar-refractivity contribution is -1.02. The third-order valence-corrected chi connectivity index (χ3v) is 6.17. The molecule has 0 spiro atoms. The van der Waals surface area contributed by atoms with Gasteiger partial charge in [-0.2, -0.15) is 0 Å². The van der Waals surface area contributed by atoms with E-state index in [1.807, 2.05) is 4.68 Å². The molecule has 2 N–H and O–H groups in total. The number of hydrogen-bond donors (Lipinski definition) is 2. The minimum absolute atomic E-state index is 0.153. The zero-order chi connectivity index (χ0) is 20.9. The molecule has 0 amide bonds. The van der Waals surface area contributed by atoms with Crippen molar-refractivity contribution >= 4 is 5.69 Å². The Hall–Kier alpha value is -2.77. The Bertz CT molecular complexity index is 912. The number of piperazine rings is 1. The molecular formula is C23H33N7+2. The average Bonchev–Trinajstić information content (AvgIpc) is 3.23. The van der Waals surface area contributed by atoms with Gasteiger partial charge in [0, 0.05) is 31.9 Å². The number of hydrogen-bond acceptors (Lipinski definition) is 4. The number of likely N-dealkylation sites (N-methyl/N-ethyl adjacent to an activating group) is 1. The van der Waals surface area contributed by atoms with Crippen LogP contribution in [-0.2, 0) is 13.0 Å². The summed E-state index contributed by atoms with van der Waals surface area (Å²) >= 11 is 0. The van der Waals surface area contributed by atoms with Crippen molar-refractivity contribution in [2.24, 2.45) is 0 Å². The Labute approximate surface area is 178 Å². The number of rotatable bonds is 7. The van der Waals surface area contributed by atoms with Crippen LogP contribution in [0.3, 0.4) is 0 Å². The molecule has 1 aromatic heterocycles. The van der Waals surface area contributed by atoms with Crippen LogP contribution < -0.4 is 14.7 Å². The van der Waals surface area contributed by atoms with Gasteiger partial charge in [-0.05, 0) is 34.5 Å². The number of tetrazole rings is 1. The highest BCUT2D eigenvalue weighted by Gasteiger charge is 2.34. The predicted molar refractivity (Wildman–Crippen MR) is 118 cm³/mol. The quantitative estimate of drug-likeness (QED) is 0.554. The Kier molecular flexibility index (Phi) is 6.40. The molecule has 30 heavy (non-hydrogen) atoms. The monoisotopic (exact) mass is 407 g/mol. The summed E-state index contributed by atoms with van der Waals surface area (Å²) in [7, 11) is 6.43. The van der Waals surface area contributed by atoms with Gasteiger partial charge in [0.25, 0.3) is 0 Å². The first kappa shape index (κ1) is 20.5. The average molecular weight is 408 g/mol. The van der Waals surface area contributed by atoms with Crippen LogP contribution in [0.25, 0.3) is 0 Å². The maximum atomic E-state index is 4.52. The summed E-state index contributed by atoms with van der Waals surface area (Å²) in [6.45, 7) is 5.38. The van der Waals surface area contributed by atoms with E-state index >= 15 is 0 Å². The summed E-state index contributed by atoms with van der Waals surface area (Å²) in [5.41, 5.74) is 3.80. The fraction of sp³-hybridized carbons (Fsp3) is 0.435. The van der Waals surface area contributed by atoms with Crippen LogP contribution in [0.15, 0.2) is 54.6 Å². The lowest BCUT2D eigenvalue weighted by Crippen LogP contribution is -3.27. The molecule has 0 aliphatic carbocycles. The van der Waals surface area contributed by atoms with Gasteiger partial charge in [0.15, 0.2) is 6.04 Å². The second-order valence-electron chi connectivity index (χ2n) is 8.53. The van der Waals surface area contributed by atoms with Crippen LogP contribution >= 0.6 is 0 Å². The number of quaternary nitrogens is 2. The van der Waals surface area contributed by atoms with Gasteiger partial charge >= 0.3 is 0 Å². The summed E-state index contributed by atoms with van der Waals surface area (Å²) < 4.78 is 2.01. The normalized spacial score (nSPS) is 20.1. The van der Waals surface area contributed by atoms with Gasteiger partial charge in [0.1, 0.15) is 26.2 Å². The molecule has 0 unspecified atom stereocenters. The smallest absolute Gasteiger partial charge is 0.214 e. The Morgan fingerprint density at radius 2 is 1.67 bits per heavy atom. The molecule has 1 saturated heterocycles. The second kappa shape index (κ2) is 9.36. The molecule has 0 saturated carbocycles. The largest absolute Gasteiger partial charge is 0.378 e. The summed E-state index contributed by atoms with van der Waals surface area (Å²) in [6.07, 6.45) is 0.924. The third-order valence-electron chi connectivity index (χ3n) is 6.17. The molecule has 1 aliphatic heterocycles. The van der Waals surface area contributed by atoms with Crippen LogP contribution in [0.4, 0.5) is 5.69 Å². The molecule has 158 valence electrons. The first-order valence-electron chi connectivity index (χ1n) is 10.8. The number of benzene rings is 2. The van der Waals surface area contributed by atoms with E-state index in [1.54, 1.807) is 9.80 Å². The van der Waals surface area contributed by atoms with Crippen molar-refractivity contribution in [1.82, 2.24) is 20.2 Å². The van der Waals surface area contributed by atoms with E-state index in [2.05, 4.69) is 96.2 Å². The minimum atomic E-state index is 0.153. The molecule has 1 aliphatic rings. The fourth-order valence-electron chi connectivity index (χ4n) is 4.28. The first-order valence-corrected chi connectivity index (χ1v) is 10.8.